The second-order valence-electron chi connectivity index (χ2n) is 6.01. The zero-order valence-corrected chi connectivity index (χ0v) is 15.6. The molecule has 0 radical (unpaired) electrons. The molecule has 0 atom stereocenters. The van der Waals surface area contributed by atoms with E-state index in [1.54, 1.807) is 6.21 Å². The molecule has 2 aliphatic heterocycles. The van der Waals surface area contributed by atoms with E-state index in [9.17, 15) is 14.7 Å². The Hall–Kier alpha value is -2.65. The second kappa shape index (κ2) is 8.83. The van der Waals surface area contributed by atoms with Crippen LogP contribution in [0.15, 0.2) is 45.4 Å². The van der Waals surface area contributed by atoms with Gasteiger partial charge in [-0.25, -0.2) is 4.79 Å². The Morgan fingerprint density at radius 2 is 2.11 bits per heavy atom. The van der Waals surface area contributed by atoms with Gasteiger partial charge in [0, 0.05) is 30.4 Å². The molecule has 1 amide bonds. The average Bonchev–Trinajstić information content (AvgIpc) is 3.02. The fourth-order valence-corrected chi connectivity index (χ4v) is 3.51. The lowest BCUT2D eigenvalue weighted by Crippen LogP contribution is -2.36. The number of thioether (sulfide) groups is 1. The highest BCUT2D eigenvalue weighted by Crippen LogP contribution is 2.25. The fourth-order valence-electron chi connectivity index (χ4n) is 2.78. The Morgan fingerprint density at radius 1 is 1.37 bits per heavy atom. The van der Waals surface area contributed by atoms with Crippen molar-refractivity contribution in [2.24, 2.45) is 10.2 Å². The highest BCUT2D eigenvalue weighted by molar-refractivity contribution is 8.18. The van der Waals surface area contributed by atoms with E-state index in [0.29, 0.717) is 5.17 Å². The van der Waals surface area contributed by atoms with Gasteiger partial charge in [0.2, 0.25) is 0 Å². The zero-order valence-electron chi connectivity index (χ0n) is 14.8. The van der Waals surface area contributed by atoms with Gasteiger partial charge in [-0.1, -0.05) is 18.2 Å². The molecule has 1 aromatic rings. The van der Waals surface area contributed by atoms with Crippen molar-refractivity contribution in [3.63, 3.8) is 0 Å². The van der Waals surface area contributed by atoms with Gasteiger partial charge in [0.05, 0.1) is 24.3 Å². The van der Waals surface area contributed by atoms with Crippen molar-refractivity contribution in [3.05, 3.63) is 40.8 Å². The minimum absolute atomic E-state index is 0.211. The van der Waals surface area contributed by atoms with E-state index in [-0.39, 0.29) is 11.0 Å². The van der Waals surface area contributed by atoms with Gasteiger partial charge < -0.3 is 14.7 Å². The molecule has 0 aromatic heterocycles. The maximum atomic E-state index is 11.8. The SMILES string of the molecule is COC(=O)/C=C1/S/C(=N\N=Cc2ccccc2N2CCC(O)CC2)NC1=O. The zero-order chi connectivity index (χ0) is 19.2. The smallest absolute Gasteiger partial charge is 0.331 e. The van der Waals surface area contributed by atoms with Crippen LogP contribution in [0.3, 0.4) is 0 Å². The number of aliphatic hydroxyl groups is 1. The van der Waals surface area contributed by atoms with Gasteiger partial charge in [-0.05, 0) is 30.7 Å². The normalized spacial score (nSPS) is 21.3. The third-order valence-corrected chi connectivity index (χ3v) is 5.09. The summed E-state index contributed by atoms with van der Waals surface area (Å²) in [4.78, 5) is 25.5. The van der Waals surface area contributed by atoms with Crippen LogP contribution in [0.1, 0.15) is 18.4 Å². The van der Waals surface area contributed by atoms with Gasteiger partial charge >= 0.3 is 5.97 Å². The first kappa shape index (κ1) is 19.1. The van der Waals surface area contributed by atoms with Gasteiger partial charge in [0.25, 0.3) is 5.91 Å². The van der Waals surface area contributed by atoms with Crippen LogP contribution >= 0.6 is 11.8 Å². The number of amidine groups is 1. The Kier molecular flexibility index (Phi) is 6.25. The highest BCUT2D eigenvalue weighted by Gasteiger charge is 2.25. The quantitative estimate of drug-likeness (QED) is 0.348. The molecular formula is C18H20N4O4S. The Labute approximate surface area is 161 Å². The van der Waals surface area contributed by atoms with Crippen molar-refractivity contribution in [3.8, 4) is 0 Å². The van der Waals surface area contributed by atoms with Crippen LogP contribution in [0.2, 0.25) is 0 Å². The number of anilines is 1. The topological polar surface area (TPSA) is 104 Å². The van der Waals surface area contributed by atoms with E-state index in [0.717, 1.165) is 55.0 Å². The van der Waals surface area contributed by atoms with Crippen LogP contribution in [0.4, 0.5) is 5.69 Å². The van der Waals surface area contributed by atoms with E-state index in [2.05, 4.69) is 25.2 Å². The third-order valence-electron chi connectivity index (χ3n) is 4.19. The first-order valence-electron chi connectivity index (χ1n) is 8.48. The molecule has 9 heteroatoms. The maximum Gasteiger partial charge on any atom is 0.331 e. The summed E-state index contributed by atoms with van der Waals surface area (Å²) in [6.45, 7) is 1.57. The van der Waals surface area contributed by atoms with Crippen LogP contribution in [-0.4, -0.2) is 54.7 Å². The molecular weight excluding hydrogens is 368 g/mol. The summed E-state index contributed by atoms with van der Waals surface area (Å²) in [6.07, 6.45) is 4.00. The van der Waals surface area contributed by atoms with Gasteiger partial charge in [-0.2, -0.15) is 5.10 Å². The van der Waals surface area contributed by atoms with Gasteiger partial charge in [-0.3, -0.25) is 10.1 Å². The summed E-state index contributed by atoms with van der Waals surface area (Å²) in [5, 5.41) is 20.6. The van der Waals surface area contributed by atoms with E-state index in [1.807, 2.05) is 24.3 Å². The number of hydrogen-bond donors (Lipinski definition) is 2. The number of esters is 1. The molecule has 2 N–H and O–H groups in total. The van der Waals surface area contributed by atoms with Crippen LogP contribution < -0.4 is 10.2 Å². The van der Waals surface area contributed by atoms with Crippen molar-refractivity contribution < 1.29 is 19.4 Å². The highest BCUT2D eigenvalue weighted by atomic mass is 32.2. The molecule has 1 aromatic carbocycles. The number of carbonyl (C=O) groups is 2. The Morgan fingerprint density at radius 3 is 2.85 bits per heavy atom. The molecule has 2 heterocycles. The second-order valence-corrected chi connectivity index (χ2v) is 7.05. The van der Waals surface area contributed by atoms with Crippen molar-refractivity contribution in [2.45, 2.75) is 18.9 Å². The molecule has 0 spiro atoms. The number of ether oxygens (including phenoxy) is 1. The number of aliphatic hydroxyl groups excluding tert-OH is 1. The monoisotopic (exact) mass is 388 g/mol. The Balaban J connectivity index is 1.70. The molecule has 3 rings (SSSR count). The number of nitrogens with zero attached hydrogens (tertiary/aromatic N) is 3. The summed E-state index contributed by atoms with van der Waals surface area (Å²) in [6, 6.07) is 7.82. The predicted octanol–water partition coefficient (Wildman–Crippen LogP) is 1.26. The maximum absolute atomic E-state index is 11.8. The number of amides is 1. The third kappa shape index (κ3) is 4.95. The van der Waals surface area contributed by atoms with Crippen LogP contribution in [0.5, 0.6) is 0 Å². The number of hydrogen-bond acceptors (Lipinski definition) is 8. The summed E-state index contributed by atoms with van der Waals surface area (Å²) < 4.78 is 4.51. The molecule has 0 aliphatic carbocycles. The van der Waals surface area contributed by atoms with Crippen molar-refractivity contribution in [2.75, 3.05) is 25.1 Å². The summed E-state index contributed by atoms with van der Waals surface area (Å²) >= 11 is 1.03. The minimum atomic E-state index is -0.599. The summed E-state index contributed by atoms with van der Waals surface area (Å²) in [5.41, 5.74) is 1.93. The van der Waals surface area contributed by atoms with Crippen LogP contribution in [-0.2, 0) is 14.3 Å². The van der Waals surface area contributed by atoms with E-state index >= 15 is 0 Å². The number of nitrogens with one attached hydrogen (secondary N) is 1. The molecule has 8 nitrogen and oxygen atoms in total. The largest absolute Gasteiger partial charge is 0.466 e. The van der Waals surface area contributed by atoms with E-state index in [1.165, 1.54) is 7.11 Å². The van der Waals surface area contributed by atoms with Gasteiger partial charge in [0.15, 0.2) is 5.17 Å². The molecule has 2 saturated heterocycles. The molecule has 0 saturated carbocycles. The predicted molar refractivity (Wildman–Crippen MR) is 105 cm³/mol. The lowest BCUT2D eigenvalue weighted by atomic mass is 10.1. The first-order valence-corrected chi connectivity index (χ1v) is 9.30. The van der Waals surface area contributed by atoms with Crippen molar-refractivity contribution >= 4 is 40.7 Å². The standard InChI is InChI=1S/C18H20N4O4S/c1-26-16(24)10-15-17(25)20-18(27-15)21-19-11-12-4-2-3-5-14(12)22-8-6-13(23)7-9-22/h2-5,10-11,13,23H,6-9H2,1H3,(H,20,21,25)/b15-10+,19-11?. The molecule has 142 valence electrons. The van der Waals surface area contributed by atoms with Crippen LogP contribution in [0.25, 0.3) is 0 Å². The summed E-state index contributed by atoms with van der Waals surface area (Å²) in [7, 11) is 1.25. The average molecular weight is 388 g/mol. The lowest BCUT2D eigenvalue weighted by Gasteiger charge is -2.32. The molecule has 27 heavy (non-hydrogen) atoms. The summed E-state index contributed by atoms with van der Waals surface area (Å²) in [5.74, 6) is -1.01. The molecule has 2 aliphatic rings. The fraction of sp³-hybridized carbons (Fsp3) is 0.333. The van der Waals surface area contributed by atoms with Gasteiger partial charge in [0.1, 0.15) is 0 Å². The van der Waals surface area contributed by atoms with Crippen LogP contribution in [0, 0.1) is 0 Å². The lowest BCUT2D eigenvalue weighted by molar-refractivity contribution is -0.135. The number of benzene rings is 1. The number of methoxy groups -OCH3 is 1. The number of piperidine rings is 1. The van der Waals surface area contributed by atoms with Crippen molar-refractivity contribution in [1.82, 2.24) is 5.32 Å². The minimum Gasteiger partial charge on any atom is -0.466 e. The van der Waals surface area contributed by atoms with E-state index in [4.69, 9.17) is 0 Å². The van der Waals surface area contributed by atoms with Crippen molar-refractivity contribution in [1.29, 1.82) is 0 Å². The number of para-hydroxylation sites is 1. The molecule has 0 unspecified atom stereocenters. The number of carbonyl (C=O) groups excluding carboxylic acids is 2. The molecule has 0 bridgehead atoms. The molecule has 2 fully saturated rings. The number of rotatable bonds is 4. The first-order chi connectivity index (χ1) is 13.1. The Bertz CT molecular complexity index is 813. The van der Waals surface area contributed by atoms with E-state index < -0.39 is 11.9 Å². The van der Waals surface area contributed by atoms with Gasteiger partial charge in [-0.15, -0.1) is 5.10 Å².